The minimum absolute atomic E-state index is 0.0840. The first-order chi connectivity index (χ1) is 14.2. The summed E-state index contributed by atoms with van der Waals surface area (Å²) >= 11 is 11.3. The van der Waals surface area contributed by atoms with Crippen LogP contribution in [0, 0.1) is 11.8 Å². The van der Waals surface area contributed by atoms with Crippen molar-refractivity contribution < 1.29 is 24.3 Å². The molecule has 0 aliphatic carbocycles. The van der Waals surface area contributed by atoms with E-state index in [1.54, 1.807) is 42.5 Å². The molecule has 3 rings (SSSR count). The highest BCUT2D eigenvalue weighted by atomic mass is 35.5. The Balaban J connectivity index is 2.02. The predicted molar refractivity (Wildman–Crippen MR) is 113 cm³/mol. The molecule has 8 nitrogen and oxygen atoms in total. The number of benzene rings is 2. The number of aliphatic carboxylic acids is 1. The lowest BCUT2D eigenvalue weighted by molar-refractivity contribution is -0.153. The van der Waals surface area contributed by atoms with Crippen molar-refractivity contribution in [3.8, 4) is 0 Å². The van der Waals surface area contributed by atoms with E-state index in [1.165, 1.54) is 19.1 Å². The van der Waals surface area contributed by atoms with E-state index in [0.29, 0.717) is 5.69 Å². The van der Waals surface area contributed by atoms with Gasteiger partial charge in [0.2, 0.25) is 11.0 Å². The Morgan fingerprint density at radius 1 is 1.07 bits per heavy atom. The summed E-state index contributed by atoms with van der Waals surface area (Å²) in [4.78, 5) is 51.3. The molecule has 0 spiro atoms. The van der Waals surface area contributed by atoms with Gasteiger partial charge >= 0.3 is 5.97 Å². The van der Waals surface area contributed by atoms with Crippen LogP contribution in [0.1, 0.15) is 17.3 Å². The maximum Gasteiger partial charge on any atom is 0.307 e. The second-order valence-corrected chi connectivity index (χ2v) is 7.26. The Morgan fingerprint density at radius 2 is 1.67 bits per heavy atom. The molecule has 1 aliphatic heterocycles. The molecule has 0 radical (unpaired) electrons. The highest BCUT2D eigenvalue weighted by molar-refractivity contribution is 7.80. The van der Waals surface area contributed by atoms with Gasteiger partial charge in [-0.2, -0.15) is 5.01 Å². The summed E-state index contributed by atoms with van der Waals surface area (Å²) in [5.41, 5.74) is 2.77. The second kappa shape index (κ2) is 8.60. The monoisotopic (exact) mass is 445 g/mol. The summed E-state index contributed by atoms with van der Waals surface area (Å²) in [6, 6.07) is 14.4. The van der Waals surface area contributed by atoms with Gasteiger partial charge in [0.05, 0.1) is 22.2 Å². The third-order valence-corrected chi connectivity index (χ3v) is 5.29. The molecule has 0 aromatic heterocycles. The van der Waals surface area contributed by atoms with E-state index in [0.717, 1.165) is 9.91 Å². The quantitative estimate of drug-likeness (QED) is 0.541. The SMILES string of the molecule is CC(C(=O)O)C1C(=O)N(NC(=O)c2ccccc2Cl)C(=S)N(c2ccccc2)C1=O. The first kappa shape index (κ1) is 21.4. The van der Waals surface area contributed by atoms with Crippen LogP contribution in [0.5, 0.6) is 0 Å². The first-order valence-corrected chi connectivity index (χ1v) is 9.58. The van der Waals surface area contributed by atoms with Gasteiger partial charge in [-0.1, -0.05) is 48.9 Å². The number of carboxylic acid groups (broad SMARTS) is 1. The van der Waals surface area contributed by atoms with Gasteiger partial charge in [-0.25, -0.2) is 0 Å². The van der Waals surface area contributed by atoms with Gasteiger partial charge in [0.15, 0.2) is 0 Å². The molecule has 1 fully saturated rings. The molecule has 10 heteroatoms. The summed E-state index contributed by atoms with van der Waals surface area (Å²) in [5, 5.41) is 9.97. The molecular formula is C20H16ClN3O5S. The third kappa shape index (κ3) is 3.89. The zero-order valence-electron chi connectivity index (χ0n) is 15.6. The van der Waals surface area contributed by atoms with Crippen molar-refractivity contribution >= 4 is 58.3 Å². The number of nitrogens with one attached hydrogen (secondary N) is 1. The summed E-state index contributed by atoms with van der Waals surface area (Å²) in [6.45, 7) is 1.24. The molecule has 2 N–H and O–H groups in total. The van der Waals surface area contributed by atoms with Gasteiger partial charge in [0.1, 0.15) is 5.92 Å². The van der Waals surface area contributed by atoms with Crippen molar-refractivity contribution in [2.24, 2.45) is 11.8 Å². The van der Waals surface area contributed by atoms with Crippen LogP contribution in [0.2, 0.25) is 5.02 Å². The molecule has 1 saturated heterocycles. The molecule has 0 saturated carbocycles. The van der Waals surface area contributed by atoms with E-state index in [2.05, 4.69) is 5.43 Å². The number of hydrogen-bond acceptors (Lipinski definition) is 5. The van der Waals surface area contributed by atoms with Crippen LogP contribution in [0.25, 0.3) is 0 Å². The van der Waals surface area contributed by atoms with Crippen molar-refractivity contribution in [3.05, 3.63) is 65.2 Å². The van der Waals surface area contributed by atoms with Crippen molar-refractivity contribution in [2.75, 3.05) is 4.90 Å². The predicted octanol–water partition coefficient (Wildman–Crippen LogP) is 2.48. The standard InChI is InChI=1S/C20H16ClN3O5S/c1-11(19(28)29)15-17(26)23(12-7-3-2-4-8-12)20(30)24(18(15)27)22-16(25)13-9-5-6-10-14(13)21/h2-11,15H,1H3,(H,22,25)(H,28,29). The maximum atomic E-state index is 13.0. The molecule has 2 aromatic rings. The van der Waals surface area contributed by atoms with Crippen molar-refractivity contribution in [2.45, 2.75) is 6.92 Å². The molecule has 30 heavy (non-hydrogen) atoms. The Labute approximate surface area is 182 Å². The second-order valence-electron chi connectivity index (χ2n) is 6.49. The fourth-order valence-corrected chi connectivity index (χ4v) is 3.52. The first-order valence-electron chi connectivity index (χ1n) is 8.79. The number of carbonyl (C=O) groups is 4. The van der Waals surface area contributed by atoms with Gasteiger partial charge in [0, 0.05) is 0 Å². The largest absolute Gasteiger partial charge is 0.481 e. The smallest absolute Gasteiger partial charge is 0.307 e. The highest BCUT2D eigenvalue weighted by Gasteiger charge is 2.49. The molecule has 2 atom stereocenters. The van der Waals surface area contributed by atoms with E-state index in [1.807, 2.05) is 0 Å². The lowest BCUT2D eigenvalue weighted by Gasteiger charge is -2.39. The number of halogens is 1. The Kier molecular flexibility index (Phi) is 6.14. The van der Waals surface area contributed by atoms with Crippen LogP contribution in [-0.2, 0) is 14.4 Å². The van der Waals surface area contributed by atoms with E-state index in [4.69, 9.17) is 23.8 Å². The number of anilines is 1. The van der Waals surface area contributed by atoms with Crippen LogP contribution in [0.3, 0.4) is 0 Å². The minimum atomic E-state index is -1.58. The Morgan fingerprint density at radius 3 is 2.27 bits per heavy atom. The lowest BCUT2D eigenvalue weighted by Crippen LogP contribution is -2.66. The molecule has 1 aliphatic rings. The Bertz CT molecular complexity index is 1050. The molecule has 2 aromatic carbocycles. The number of carbonyl (C=O) groups excluding carboxylic acids is 3. The van der Waals surface area contributed by atoms with Crippen molar-refractivity contribution in [1.82, 2.24) is 10.4 Å². The van der Waals surface area contributed by atoms with Gasteiger partial charge in [0.25, 0.3) is 11.8 Å². The van der Waals surface area contributed by atoms with Crippen LogP contribution in [0.4, 0.5) is 5.69 Å². The summed E-state index contributed by atoms with van der Waals surface area (Å²) in [7, 11) is 0. The number of rotatable bonds is 5. The summed E-state index contributed by atoms with van der Waals surface area (Å²) in [5.74, 6) is -6.72. The summed E-state index contributed by atoms with van der Waals surface area (Å²) in [6.07, 6.45) is 0. The van der Waals surface area contributed by atoms with Gasteiger partial charge in [-0.05, 0) is 36.5 Å². The molecule has 0 bridgehead atoms. The van der Waals surface area contributed by atoms with Crippen LogP contribution >= 0.6 is 23.8 Å². The molecular weight excluding hydrogens is 430 g/mol. The normalized spacial score (nSPS) is 17.7. The van der Waals surface area contributed by atoms with Crippen LogP contribution in [-0.4, -0.2) is 38.9 Å². The number of carboxylic acids is 1. The topological polar surface area (TPSA) is 107 Å². The maximum absolute atomic E-state index is 13.0. The zero-order valence-corrected chi connectivity index (χ0v) is 17.2. The van der Waals surface area contributed by atoms with Gasteiger partial charge < -0.3 is 5.11 Å². The molecule has 154 valence electrons. The number of nitrogens with zero attached hydrogens (tertiary/aromatic N) is 2. The van der Waals surface area contributed by atoms with Crippen molar-refractivity contribution in [1.29, 1.82) is 0 Å². The molecule has 3 amide bonds. The minimum Gasteiger partial charge on any atom is -0.481 e. The summed E-state index contributed by atoms with van der Waals surface area (Å²) < 4.78 is 0. The third-order valence-electron chi connectivity index (χ3n) is 4.59. The van der Waals surface area contributed by atoms with Gasteiger partial charge in [-0.3, -0.25) is 29.5 Å². The van der Waals surface area contributed by atoms with E-state index < -0.39 is 35.5 Å². The van der Waals surface area contributed by atoms with Gasteiger partial charge in [-0.15, -0.1) is 0 Å². The van der Waals surface area contributed by atoms with Crippen LogP contribution < -0.4 is 10.3 Å². The average Bonchev–Trinajstić information content (AvgIpc) is 2.72. The Hall–Kier alpha value is -3.30. The zero-order chi connectivity index (χ0) is 22.0. The highest BCUT2D eigenvalue weighted by Crippen LogP contribution is 2.28. The number of amides is 3. The number of hydrogen-bond donors (Lipinski definition) is 2. The number of thiocarbonyl (C=S) groups is 1. The fraction of sp³-hybridized carbons (Fsp3) is 0.150. The molecule has 1 heterocycles. The average molecular weight is 446 g/mol. The van der Waals surface area contributed by atoms with Crippen LogP contribution in [0.15, 0.2) is 54.6 Å². The van der Waals surface area contributed by atoms with E-state index in [-0.39, 0.29) is 15.7 Å². The lowest BCUT2D eigenvalue weighted by atomic mass is 9.90. The van der Waals surface area contributed by atoms with Crippen molar-refractivity contribution in [3.63, 3.8) is 0 Å². The number of para-hydroxylation sites is 1. The van der Waals surface area contributed by atoms with E-state index in [9.17, 15) is 24.3 Å². The van der Waals surface area contributed by atoms with E-state index >= 15 is 0 Å². The fourth-order valence-electron chi connectivity index (χ4n) is 2.97. The number of hydrazine groups is 1. The molecule has 2 unspecified atom stereocenters.